The maximum Gasteiger partial charge on any atom is 0.160 e. The van der Waals surface area contributed by atoms with Gasteiger partial charge in [0.1, 0.15) is 5.82 Å². The molecule has 0 bridgehead atoms. The molecule has 0 spiro atoms. The molecule has 1 atom stereocenters. The van der Waals surface area contributed by atoms with Gasteiger partial charge in [-0.15, -0.1) is 0 Å². The van der Waals surface area contributed by atoms with Gasteiger partial charge in [0, 0.05) is 5.02 Å². The Hall–Kier alpha value is -1.23. The molecule has 0 saturated heterocycles. The first-order chi connectivity index (χ1) is 8.90. The molecule has 1 unspecified atom stereocenters. The van der Waals surface area contributed by atoms with Crippen LogP contribution in [0.5, 0.6) is 0 Å². The van der Waals surface area contributed by atoms with Gasteiger partial charge < -0.3 is 5.73 Å². The summed E-state index contributed by atoms with van der Waals surface area (Å²) in [6.07, 6.45) is 0. The van der Waals surface area contributed by atoms with E-state index in [1.807, 2.05) is 0 Å². The van der Waals surface area contributed by atoms with Gasteiger partial charge in [-0.3, -0.25) is 0 Å². The van der Waals surface area contributed by atoms with E-state index in [2.05, 4.69) is 0 Å². The molecule has 19 heavy (non-hydrogen) atoms. The van der Waals surface area contributed by atoms with Crippen molar-refractivity contribution in [3.8, 4) is 0 Å². The molecule has 100 valence electrons. The molecule has 0 aliphatic rings. The van der Waals surface area contributed by atoms with Crippen LogP contribution in [0.15, 0.2) is 30.3 Å². The zero-order valence-electron chi connectivity index (χ0n) is 9.43. The van der Waals surface area contributed by atoms with E-state index >= 15 is 0 Å². The summed E-state index contributed by atoms with van der Waals surface area (Å²) in [4.78, 5) is 0. The molecule has 2 aromatic carbocycles. The molecule has 0 aliphatic heterocycles. The van der Waals surface area contributed by atoms with E-state index in [0.29, 0.717) is 5.56 Å². The number of rotatable bonds is 2. The van der Waals surface area contributed by atoms with Crippen molar-refractivity contribution >= 4 is 23.2 Å². The van der Waals surface area contributed by atoms with E-state index < -0.39 is 23.5 Å². The Kier molecular flexibility index (Phi) is 4.04. The molecule has 0 amide bonds. The molecule has 0 aromatic heterocycles. The van der Waals surface area contributed by atoms with Crippen molar-refractivity contribution in [2.75, 3.05) is 0 Å². The average molecular weight is 306 g/mol. The fourth-order valence-electron chi connectivity index (χ4n) is 1.66. The van der Waals surface area contributed by atoms with Crippen molar-refractivity contribution in [3.63, 3.8) is 0 Å². The minimum absolute atomic E-state index is 0.0261. The second-order valence-electron chi connectivity index (χ2n) is 3.94. The van der Waals surface area contributed by atoms with Gasteiger partial charge in [-0.1, -0.05) is 29.3 Å². The Labute approximate surface area is 117 Å². The monoisotopic (exact) mass is 305 g/mol. The molecular weight excluding hydrogens is 298 g/mol. The third-order valence-corrected chi connectivity index (χ3v) is 3.31. The van der Waals surface area contributed by atoms with Crippen molar-refractivity contribution in [2.24, 2.45) is 5.73 Å². The van der Waals surface area contributed by atoms with Crippen LogP contribution in [0.4, 0.5) is 13.2 Å². The van der Waals surface area contributed by atoms with Gasteiger partial charge in [-0.25, -0.2) is 13.2 Å². The van der Waals surface area contributed by atoms with Crippen LogP contribution < -0.4 is 5.73 Å². The van der Waals surface area contributed by atoms with E-state index in [1.165, 1.54) is 12.1 Å². The lowest BCUT2D eigenvalue weighted by atomic mass is 9.99. The summed E-state index contributed by atoms with van der Waals surface area (Å²) in [6, 6.07) is 4.81. The molecule has 2 aromatic rings. The zero-order chi connectivity index (χ0) is 14.2. The van der Waals surface area contributed by atoms with E-state index in [0.717, 1.165) is 18.2 Å². The van der Waals surface area contributed by atoms with E-state index in [9.17, 15) is 13.2 Å². The largest absolute Gasteiger partial charge is 0.320 e. The van der Waals surface area contributed by atoms with Crippen LogP contribution >= 0.6 is 23.2 Å². The molecule has 0 saturated carbocycles. The fourth-order valence-corrected chi connectivity index (χ4v) is 2.05. The molecule has 0 heterocycles. The van der Waals surface area contributed by atoms with Gasteiger partial charge in [0.25, 0.3) is 0 Å². The first-order valence-corrected chi connectivity index (χ1v) is 6.00. The molecular formula is C13H8Cl2F3N. The molecule has 0 fully saturated rings. The highest BCUT2D eigenvalue weighted by Gasteiger charge is 2.17. The third-order valence-electron chi connectivity index (χ3n) is 2.68. The molecule has 2 N–H and O–H groups in total. The standard InChI is InChI=1S/C13H8Cl2F3N/c14-8-2-1-6(3-10(8)16)13(19)7-4-11(17)12(18)5-9(7)15/h1-5,13H,19H2. The highest BCUT2D eigenvalue weighted by atomic mass is 35.5. The number of halogens is 5. The molecule has 0 aliphatic carbocycles. The SMILES string of the molecule is NC(c1ccc(Cl)c(F)c1)c1cc(F)c(F)cc1Cl. The minimum Gasteiger partial charge on any atom is -0.320 e. The second-order valence-corrected chi connectivity index (χ2v) is 4.75. The summed E-state index contributed by atoms with van der Waals surface area (Å²) in [5.74, 6) is -2.78. The Bertz CT molecular complexity index is 632. The maximum atomic E-state index is 13.3. The molecule has 2 rings (SSSR count). The lowest BCUT2D eigenvalue weighted by molar-refractivity contribution is 0.506. The zero-order valence-corrected chi connectivity index (χ0v) is 10.9. The van der Waals surface area contributed by atoms with E-state index in [4.69, 9.17) is 28.9 Å². The minimum atomic E-state index is -1.07. The summed E-state index contributed by atoms with van der Waals surface area (Å²) >= 11 is 11.4. The van der Waals surface area contributed by atoms with Crippen LogP contribution in [0, 0.1) is 17.5 Å². The van der Waals surface area contributed by atoms with Gasteiger partial charge in [0.15, 0.2) is 11.6 Å². The first-order valence-electron chi connectivity index (χ1n) is 5.25. The number of benzene rings is 2. The van der Waals surface area contributed by atoms with Crippen molar-refractivity contribution in [1.29, 1.82) is 0 Å². The van der Waals surface area contributed by atoms with Crippen LogP contribution in [0.25, 0.3) is 0 Å². The van der Waals surface area contributed by atoms with Gasteiger partial charge >= 0.3 is 0 Å². The van der Waals surface area contributed by atoms with E-state index in [-0.39, 0.29) is 15.6 Å². The normalized spacial score (nSPS) is 12.5. The summed E-state index contributed by atoms with van der Waals surface area (Å²) in [7, 11) is 0. The lowest BCUT2D eigenvalue weighted by Gasteiger charge is -2.15. The Morgan fingerprint density at radius 2 is 1.47 bits per heavy atom. The van der Waals surface area contributed by atoms with E-state index in [1.54, 1.807) is 0 Å². The van der Waals surface area contributed by atoms with Crippen molar-refractivity contribution < 1.29 is 13.2 Å². The Balaban J connectivity index is 2.46. The topological polar surface area (TPSA) is 26.0 Å². The summed E-state index contributed by atoms with van der Waals surface area (Å²) in [6.45, 7) is 0. The van der Waals surface area contributed by atoms with Crippen LogP contribution in [-0.4, -0.2) is 0 Å². The Morgan fingerprint density at radius 1 is 0.842 bits per heavy atom. The summed E-state index contributed by atoms with van der Waals surface area (Å²) in [5.41, 5.74) is 6.40. The van der Waals surface area contributed by atoms with Gasteiger partial charge in [-0.2, -0.15) is 0 Å². The van der Waals surface area contributed by atoms with Crippen LogP contribution in [0.2, 0.25) is 10.0 Å². The smallest absolute Gasteiger partial charge is 0.160 e. The maximum absolute atomic E-state index is 13.3. The second kappa shape index (κ2) is 5.41. The van der Waals surface area contributed by atoms with Crippen molar-refractivity contribution in [3.05, 3.63) is 69.0 Å². The number of nitrogens with two attached hydrogens (primary N) is 1. The van der Waals surface area contributed by atoms with Crippen molar-refractivity contribution in [2.45, 2.75) is 6.04 Å². The number of hydrogen-bond donors (Lipinski definition) is 1. The quantitative estimate of drug-likeness (QED) is 0.815. The number of hydrogen-bond acceptors (Lipinski definition) is 1. The molecule has 0 radical (unpaired) electrons. The van der Waals surface area contributed by atoms with Gasteiger partial charge in [-0.05, 0) is 35.4 Å². The predicted octanol–water partition coefficient (Wildman–Crippen LogP) is 4.46. The highest BCUT2D eigenvalue weighted by Crippen LogP contribution is 2.30. The van der Waals surface area contributed by atoms with Crippen molar-refractivity contribution in [1.82, 2.24) is 0 Å². The lowest BCUT2D eigenvalue weighted by Crippen LogP contribution is -2.13. The third kappa shape index (κ3) is 2.86. The average Bonchev–Trinajstić information content (AvgIpc) is 2.36. The predicted molar refractivity (Wildman–Crippen MR) is 68.8 cm³/mol. The van der Waals surface area contributed by atoms with Crippen LogP contribution in [0.1, 0.15) is 17.2 Å². The van der Waals surface area contributed by atoms with Gasteiger partial charge in [0.05, 0.1) is 11.1 Å². The van der Waals surface area contributed by atoms with Crippen LogP contribution in [0.3, 0.4) is 0 Å². The summed E-state index contributed by atoms with van der Waals surface area (Å²) in [5, 5.41) is -0.0749. The highest BCUT2D eigenvalue weighted by molar-refractivity contribution is 6.31. The summed E-state index contributed by atoms with van der Waals surface area (Å²) < 4.78 is 39.5. The Morgan fingerprint density at radius 3 is 2.11 bits per heavy atom. The fraction of sp³-hybridized carbons (Fsp3) is 0.0769. The van der Waals surface area contributed by atoms with Gasteiger partial charge in [0.2, 0.25) is 0 Å². The van der Waals surface area contributed by atoms with Crippen LogP contribution in [-0.2, 0) is 0 Å². The molecule has 1 nitrogen and oxygen atoms in total. The molecule has 6 heteroatoms. The first kappa shape index (κ1) is 14.2.